The van der Waals surface area contributed by atoms with Crippen molar-refractivity contribution in [1.29, 1.82) is 5.26 Å². The molecule has 0 aliphatic carbocycles. The van der Waals surface area contributed by atoms with E-state index in [1.54, 1.807) is 17.8 Å². The number of aromatic amines is 1. The molecule has 26 heavy (non-hydrogen) atoms. The molecule has 2 aromatic heterocycles. The van der Waals surface area contributed by atoms with E-state index in [9.17, 15) is 4.79 Å². The van der Waals surface area contributed by atoms with Crippen LogP contribution in [0.4, 0.5) is 0 Å². The zero-order valence-electron chi connectivity index (χ0n) is 15.0. The average molecular weight is 379 g/mol. The molecule has 0 spiro atoms. The van der Waals surface area contributed by atoms with Crippen LogP contribution in [0.2, 0.25) is 0 Å². The highest BCUT2D eigenvalue weighted by Gasteiger charge is 2.38. The summed E-state index contributed by atoms with van der Waals surface area (Å²) >= 11 is 0. The molecule has 1 fully saturated rings. The molecule has 1 saturated heterocycles. The third-order valence-corrected chi connectivity index (χ3v) is 5.31. The van der Waals surface area contributed by atoms with Gasteiger partial charge in [0.05, 0.1) is 31.5 Å². The molecule has 140 valence electrons. The van der Waals surface area contributed by atoms with Crippen LogP contribution >= 0.6 is 8.38 Å². The molecular weight excluding hydrogens is 357 g/mol. The monoisotopic (exact) mass is 379 g/mol. The molecule has 0 aromatic carbocycles. The van der Waals surface area contributed by atoms with E-state index >= 15 is 0 Å². The minimum atomic E-state index is -1.14. The van der Waals surface area contributed by atoms with Crippen molar-refractivity contribution < 1.29 is 13.8 Å². The summed E-state index contributed by atoms with van der Waals surface area (Å²) < 4.78 is 19.5. The third kappa shape index (κ3) is 3.94. The summed E-state index contributed by atoms with van der Waals surface area (Å²) in [5.41, 5.74) is 0.487. The van der Waals surface area contributed by atoms with E-state index in [0.717, 1.165) is 12.8 Å². The Morgan fingerprint density at radius 3 is 3.12 bits per heavy atom. The molecule has 0 amide bonds. The first kappa shape index (κ1) is 18.9. The van der Waals surface area contributed by atoms with Gasteiger partial charge in [-0.25, -0.2) is 9.97 Å². The number of fused-ring (bicyclic) bond motifs is 1. The zero-order valence-corrected chi connectivity index (χ0v) is 15.9. The number of nitrogens with one attached hydrogen (secondary N) is 1. The summed E-state index contributed by atoms with van der Waals surface area (Å²) in [6, 6.07) is 2.05. The summed E-state index contributed by atoms with van der Waals surface area (Å²) in [6.45, 7) is 5.99. The first-order valence-corrected chi connectivity index (χ1v) is 10.1. The van der Waals surface area contributed by atoms with Crippen LogP contribution in [0.25, 0.3) is 11.2 Å². The van der Waals surface area contributed by atoms with Crippen LogP contribution in [0.5, 0.6) is 0 Å². The van der Waals surface area contributed by atoms with Crippen molar-refractivity contribution in [3.8, 4) is 6.07 Å². The molecule has 1 aliphatic heterocycles. The van der Waals surface area contributed by atoms with Gasteiger partial charge in [0.25, 0.3) is 5.56 Å². The minimum absolute atomic E-state index is 0.0491. The second-order valence-corrected chi connectivity index (χ2v) is 7.44. The Bertz CT molecular complexity index is 860. The van der Waals surface area contributed by atoms with Gasteiger partial charge in [0.1, 0.15) is 11.9 Å². The Hall–Kier alpha value is -1.85. The molecule has 3 rings (SSSR count). The summed E-state index contributed by atoms with van der Waals surface area (Å²) in [5, 5.41) is 8.61. The Labute approximate surface area is 152 Å². The highest BCUT2D eigenvalue weighted by atomic mass is 31.2. The standard InChI is InChI=1S/C16H22N5O4P/c1-4-11-8-12(25-26(3)23-7-5-6-17)16(24-11)21-9-18-13-14(21)19-10(2)20-15(13)22/h9,11-12,16H,4-5,7-8H2,1-3H3,(H,19,20,22)/t11-,12+,16-,26?/m1/s1. The highest BCUT2D eigenvalue weighted by molar-refractivity contribution is 7.46. The quantitative estimate of drug-likeness (QED) is 0.580. The van der Waals surface area contributed by atoms with Crippen LogP contribution < -0.4 is 5.56 Å². The van der Waals surface area contributed by atoms with E-state index in [2.05, 4.69) is 21.9 Å². The average Bonchev–Trinajstić information content (AvgIpc) is 3.18. The molecule has 3 heterocycles. The lowest BCUT2D eigenvalue weighted by Gasteiger charge is -2.23. The van der Waals surface area contributed by atoms with Crippen LogP contribution in [0.3, 0.4) is 0 Å². The van der Waals surface area contributed by atoms with Gasteiger partial charge in [-0.1, -0.05) is 6.92 Å². The summed E-state index contributed by atoms with van der Waals surface area (Å²) in [7, 11) is -1.14. The minimum Gasteiger partial charge on any atom is -0.352 e. The number of H-pyrrole nitrogens is 1. The summed E-state index contributed by atoms with van der Waals surface area (Å²) in [5.74, 6) is 0.518. The summed E-state index contributed by atoms with van der Waals surface area (Å²) in [4.78, 5) is 23.3. The van der Waals surface area contributed by atoms with Crippen LogP contribution in [-0.4, -0.2) is 45.0 Å². The van der Waals surface area contributed by atoms with E-state index < -0.39 is 14.6 Å². The van der Waals surface area contributed by atoms with Crippen molar-refractivity contribution in [2.24, 2.45) is 0 Å². The maximum absolute atomic E-state index is 12.1. The predicted octanol–water partition coefficient (Wildman–Crippen LogP) is 2.38. The van der Waals surface area contributed by atoms with Gasteiger partial charge in [-0.15, -0.1) is 0 Å². The first-order chi connectivity index (χ1) is 12.5. The van der Waals surface area contributed by atoms with Gasteiger partial charge in [0, 0.05) is 13.1 Å². The van der Waals surface area contributed by atoms with Gasteiger partial charge < -0.3 is 18.8 Å². The summed E-state index contributed by atoms with van der Waals surface area (Å²) in [6.07, 6.45) is 2.86. The number of rotatable bonds is 7. The predicted molar refractivity (Wildman–Crippen MR) is 95.6 cm³/mol. The lowest BCUT2D eigenvalue weighted by Crippen LogP contribution is -2.22. The molecule has 0 radical (unpaired) electrons. The molecule has 9 nitrogen and oxygen atoms in total. The van der Waals surface area contributed by atoms with Crippen molar-refractivity contribution in [1.82, 2.24) is 19.5 Å². The van der Waals surface area contributed by atoms with Crippen LogP contribution in [-0.2, 0) is 13.8 Å². The van der Waals surface area contributed by atoms with Gasteiger partial charge in [-0.3, -0.25) is 9.36 Å². The number of aromatic nitrogens is 4. The molecule has 1 aliphatic rings. The highest BCUT2D eigenvalue weighted by Crippen LogP contribution is 2.43. The van der Waals surface area contributed by atoms with Crippen LogP contribution in [0, 0.1) is 18.3 Å². The van der Waals surface area contributed by atoms with E-state index in [1.165, 1.54) is 0 Å². The Morgan fingerprint density at radius 2 is 2.38 bits per heavy atom. The first-order valence-electron chi connectivity index (χ1n) is 8.52. The van der Waals surface area contributed by atoms with Gasteiger partial charge in [-0.05, 0) is 13.3 Å². The van der Waals surface area contributed by atoms with E-state index in [0.29, 0.717) is 24.5 Å². The maximum Gasteiger partial charge on any atom is 0.279 e. The molecule has 0 saturated carbocycles. The smallest absolute Gasteiger partial charge is 0.279 e. The molecule has 4 atom stereocenters. The second kappa shape index (κ2) is 8.23. The number of nitriles is 1. The van der Waals surface area contributed by atoms with Crippen LogP contribution in [0.1, 0.15) is 38.2 Å². The van der Waals surface area contributed by atoms with Crippen LogP contribution in [0.15, 0.2) is 11.1 Å². The van der Waals surface area contributed by atoms with Crippen molar-refractivity contribution in [3.63, 3.8) is 0 Å². The van der Waals surface area contributed by atoms with Crippen molar-refractivity contribution in [2.45, 2.75) is 51.5 Å². The molecule has 10 heteroatoms. The molecular formula is C16H22N5O4P. The fraction of sp³-hybridized carbons (Fsp3) is 0.625. The van der Waals surface area contributed by atoms with Gasteiger partial charge >= 0.3 is 0 Å². The van der Waals surface area contributed by atoms with Crippen molar-refractivity contribution in [3.05, 3.63) is 22.5 Å². The number of imidazole rings is 1. The van der Waals surface area contributed by atoms with Gasteiger partial charge in [0.2, 0.25) is 0 Å². The maximum atomic E-state index is 12.1. The molecule has 1 unspecified atom stereocenters. The fourth-order valence-corrected chi connectivity index (χ4v) is 3.96. The molecule has 2 aromatic rings. The van der Waals surface area contributed by atoms with Gasteiger partial charge in [0.15, 0.2) is 25.8 Å². The number of ether oxygens (including phenoxy) is 1. The number of hydrogen-bond acceptors (Lipinski definition) is 7. The lowest BCUT2D eigenvalue weighted by molar-refractivity contribution is -0.0293. The topological polar surface area (TPSA) is 115 Å². The zero-order chi connectivity index (χ0) is 18.7. The Morgan fingerprint density at radius 1 is 1.58 bits per heavy atom. The fourth-order valence-electron chi connectivity index (χ4n) is 2.98. The van der Waals surface area contributed by atoms with E-state index in [1.807, 2.05) is 12.7 Å². The normalized spacial score (nSPS) is 24.0. The van der Waals surface area contributed by atoms with E-state index in [-0.39, 0.29) is 23.3 Å². The number of aryl methyl sites for hydroxylation is 1. The number of hydrogen-bond donors (Lipinski definition) is 1. The Kier molecular flexibility index (Phi) is 5.99. The molecule has 1 N–H and O–H groups in total. The van der Waals surface area contributed by atoms with Gasteiger partial charge in [-0.2, -0.15) is 5.26 Å². The number of nitrogens with zero attached hydrogens (tertiary/aromatic N) is 4. The SMILES string of the molecule is CC[C@@H]1C[C@H](OP(C)OCCC#N)[C@H](n2cnc3c(=O)[nH]c(C)nc32)O1. The van der Waals surface area contributed by atoms with Crippen molar-refractivity contribution in [2.75, 3.05) is 13.3 Å². The van der Waals surface area contributed by atoms with E-state index in [4.69, 9.17) is 19.0 Å². The Balaban J connectivity index is 1.84. The largest absolute Gasteiger partial charge is 0.352 e. The molecule has 0 bridgehead atoms. The second-order valence-electron chi connectivity index (χ2n) is 6.09. The van der Waals surface area contributed by atoms with Crippen molar-refractivity contribution >= 4 is 19.5 Å². The lowest BCUT2D eigenvalue weighted by atomic mass is 10.1. The third-order valence-electron chi connectivity index (χ3n) is 4.20.